The lowest BCUT2D eigenvalue weighted by molar-refractivity contribution is 0.596. The summed E-state index contributed by atoms with van der Waals surface area (Å²) in [6.07, 6.45) is 0. The molecule has 0 aliphatic carbocycles. The third-order valence-electron chi connectivity index (χ3n) is 6.09. The Kier molecular flexibility index (Phi) is 3.35. The van der Waals surface area contributed by atoms with Crippen molar-refractivity contribution >= 4 is 43.1 Å². The van der Waals surface area contributed by atoms with Crippen LogP contribution < -0.4 is 0 Å². The number of benzene rings is 5. The summed E-state index contributed by atoms with van der Waals surface area (Å²) in [7, 11) is 0. The van der Waals surface area contributed by atoms with Gasteiger partial charge in [-0.1, -0.05) is 95.3 Å². The summed E-state index contributed by atoms with van der Waals surface area (Å²) in [6.45, 7) is 11.5. The summed E-state index contributed by atoms with van der Waals surface area (Å²) in [5.41, 5.74) is 2.98. The van der Waals surface area contributed by atoms with E-state index < -0.39 is 0 Å². The molecule has 0 aliphatic heterocycles. The highest BCUT2D eigenvalue weighted by molar-refractivity contribution is 6.33. The third-order valence-corrected chi connectivity index (χ3v) is 6.09. The molecule has 0 aromatic heterocycles. The van der Waals surface area contributed by atoms with Crippen molar-refractivity contribution in [1.82, 2.24) is 0 Å². The Morgan fingerprint density at radius 3 is 1.96 bits per heavy atom. The first kappa shape index (κ1) is 16.6. The minimum atomic E-state index is 0.128. The Morgan fingerprint density at radius 1 is 0.630 bits per heavy atom. The molecule has 134 valence electrons. The van der Waals surface area contributed by atoms with Crippen molar-refractivity contribution < 1.29 is 0 Å². The Hall–Kier alpha value is -2.60. The molecule has 0 bridgehead atoms. The van der Waals surface area contributed by atoms with Crippen molar-refractivity contribution in [1.29, 1.82) is 0 Å². The molecule has 0 heteroatoms. The van der Waals surface area contributed by atoms with Gasteiger partial charge in [-0.2, -0.15) is 0 Å². The van der Waals surface area contributed by atoms with E-state index in [-0.39, 0.29) is 5.41 Å². The predicted octanol–water partition coefficient (Wildman–Crippen LogP) is 8.16. The van der Waals surface area contributed by atoms with Crippen LogP contribution in [0.2, 0.25) is 0 Å². The second kappa shape index (κ2) is 5.45. The average Bonchev–Trinajstić information content (AvgIpc) is 2.64. The molecule has 5 aromatic rings. The molecule has 0 aliphatic rings. The van der Waals surface area contributed by atoms with E-state index in [1.54, 1.807) is 0 Å². The van der Waals surface area contributed by atoms with Gasteiger partial charge in [0.05, 0.1) is 0 Å². The van der Waals surface area contributed by atoms with E-state index >= 15 is 0 Å². The highest BCUT2D eigenvalue weighted by Gasteiger charge is 2.20. The van der Waals surface area contributed by atoms with Crippen LogP contribution in [0.5, 0.6) is 0 Å². The lowest BCUT2D eigenvalue weighted by atomic mass is 9.80. The molecule has 0 fully saturated rings. The number of rotatable bonds is 1. The third kappa shape index (κ3) is 2.29. The smallest absolute Gasteiger partial charge is 0.00234 e. The molecule has 0 unspecified atom stereocenters. The minimum absolute atomic E-state index is 0.128. The molecule has 0 saturated carbocycles. The summed E-state index contributed by atoms with van der Waals surface area (Å²) in [5.74, 6) is 0.524. The predicted molar refractivity (Wildman–Crippen MR) is 120 cm³/mol. The molecule has 5 rings (SSSR count). The number of hydrogen-bond acceptors (Lipinski definition) is 0. The molecule has 0 amide bonds. The summed E-state index contributed by atoms with van der Waals surface area (Å²) < 4.78 is 0. The highest BCUT2D eigenvalue weighted by atomic mass is 14.2. The van der Waals surface area contributed by atoms with E-state index in [9.17, 15) is 0 Å². The fourth-order valence-electron chi connectivity index (χ4n) is 4.73. The van der Waals surface area contributed by atoms with Gasteiger partial charge in [-0.25, -0.2) is 0 Å². The second-order valence-corrected chi connectivity index (χ2v) is 9.27. The zero-order chi connectivity index (χ0) is 18.9. The molecule has 5 aromatic carbocycles. The summed E-state index contributed by atoms with van der Waals surface area (Å²) in [6, 6.07) is 23.1. The average molecular weight is 351 g/mol. The Morgan fingerprint density at radius 2 is 1.26 bits per heavy atom. The highest BCUT2D eigenvalue weighted by Crippen LogP contribution is 2.43. The van der Waals surface area contributed by atoms with E-state index in [4.69, 9.17) is 0 Å². The van der Waals surface area contributed by atoms with Crippen molar-refractivity contribution in [2.24, 2.45) is 0 Å². The largest absolute Gasteiger partial charge is 0.0610 e. The van der Waals surface area contributed by atoms with E-state index in [1.807, 2.05) is 0 Å². The zero-order valence-electron chi connectivity index (χ0n) is 16.9. The van der Waals surface area contributed by atoms with Crippen LogP contribution in [0, 0.1) is 0 Å². The molecule has 0 spiro atoms. The fraction of sp³-hybridized carbons (Fsp3) is 0.259. The van der Waals surface area contributed by atoms with Gasteiger partial charge in [0.15, 0.2) is 0 Å². The van der Waals surface area contributed by atoms with Crippen molar-refractivity contribution in [3.8, 4) is 0 Å². The van der Waals surface area contributed by atoms with Crippen molar-refractivity contribution in [3.05, 3.63) is 71.8 Å². The maximum atomic E-state index is 2.43. The van der Waals surface area contributed by atoms with E-state index in [0.717, 1.165) is 0 Å². The van der Waals surface area contributed by atoms with Crippen molar-refractivity contribution in [3.63, 3.8) is 0 Å². The quantitative estimate of drug-likeness (QED) is 0.211. The lowest BCUT2D eigenvalue weighted by Crippen LogP contribution is -2.11. The summed E-state index contributed by atoms with van der Waals surface area (Å²) >= 11 is 0. The Bertz CT molecular complexity index is 1310. The first-order valence-corrected chi connectivity index (χ1v) is 10.00. The number of hydrogen-bond donors (Lipinski definition) is 0. The van der Waals surface area contributed by atoms with Gasteiger partial charge in [0, 0.05) is 0 Å². The van der Waals surface area contributed by atoms with E-state index in [1.165, 1.54) is 54.2 Å². The SMILES string of the molecule is CC(C)c1cc2cccc3c4ccc(C(C)(C)C)c5cccc(c(c1)c23)c54. The van der Waals surface area contributed by atoms with Crippen LogP contribution in [0.1, 0.15) is 51.7 Å². The van der Waals surface area contributed by atoms with Crippen LogP contribution in [0.3, 0.4) is 0 Å². The molecular formula is C27H26. The van der Waals surface area contributed by atoms with Gasteiger partial charge in [0.1, 0.15) is 0 Å². The maximum Gasteiger partial charge on any atom is -0.00234 e. The van der Waals surface area contributed by atoms with Gasteiger partial charge in [-0.15, -0.1) is 0 Å². The summed E-state index contributed by atoms with van der Waals surface area (Å²) in [4.78, 5) is 0. The summed E-state index contributed by atoms with van der Waals surface area (Å²) in [5, 5.41) is 11.1. The van der Waals surface area contributed by atoms with Gasteiger partial charge in [-0.3, -0.25) is 0 Å². The molecule has 0 heterocycles. The zero-order valence-corrected chi connectivity index (χ0v) is 16.9. The van der Waals surface area contributed by atoms with Crippen LogP contribution in [-0.4, -0.2) is 0 Å². The van der Waals surface area contributed by atoms with Gasteiger partial charge in [-0.05, 0) is 65.5 Å². The molecule has 0 N–H and O–H groups in total. The Labute approximate surface area is 161 Å². The molecule has 0 radical (unpaired) electrons. The van der Waals surface area contributed by atoms with Crippen LogP contribution in [-0.2, 0) is 5.41 Å². The molecular weight excluding hydrogens is 324 g/mol. The second-order valence-electron chi connectivity index (χ2n) is 9.27. The van der Waals surface area contributed by atoms with Gasteiger partial charge in [0.25, 0.3) is 0 Å². The Balaban J connectivity index is 2.11. The van der Waals surface area contributed by atoms with Crippen LogP contribution in [0.25, 0.3) is 43.1 Å². The van der Waals surface area contributed by atoms with Gasteiger partial charge < -0.3 is 0 Å². The van der Waals surface area contributed by atoms with Crippen LogP contribution >= 0.6 is 0 Å². The maximum absolute atomic E-state index is 2.43. The van der Waals surface area contributed by atoms with Gasteiger partial charge >= 0.3 is 0 Å². The molecule has 27 heavy (non-hydrogen) atoms. The monoisotopic (exact) mass is 350 g/mol. The van der Waals surface area contributed by atoms with E-state index in [0.29, 0.717) is 5.92 Å². The first-order valence-electron chi connectivity index (χ1n) is 10.00. The number of fused-ring (bicyclic) bond motifs is 2. The van der Waals surface area contributed by atoms with Crippen molar-refractivity contribution in [2.75, 3.05) is 0 Å². The van der Waals surface area contributed by atoms with Crippen LogP contribution in [0.15, 0.2) is 60.7 Å². The fourth-order valence-corrected chi connectivity index (χ4v) is 4.73. The van der Waals surface area contributed by atoms with Crippen LogP contribution in [0.4, 0.5) is 0 Å². The normalized spacial score (nSPS) is 13.0. The van der Waals surface area contributed by atoms with Gasteiger partial charge in [0.2, 0.25) is 0 Å². The first-order chi connectivity index (χ1) is 12.9. The van der Waals surface area contributed by atoms with E-state index in [2.05, 4.69) is 95.3 Å². The lowest BCUT2D eigenvalue weighted by Gasteiger charge is -2.24. The molecule has 0 saturated heterocycles. The standard InChI is InChI=1S/C27H26/c1-16(2)18-14-17-8-6-9-19-21-12-13-24(27(3,4)5)22-11-7-10-20(26(21)22)23(15-18)25(17)19/h6-16H,1-5H3. The topological polar surface area (TPSA) is 0 Å². The molecule has 0 nitrogen and oxygen atoms in total. The minimum Gasteiger partial charge on any atom is -0.0610 e. The molecule has 0 atom stereocenters. The van der Waals surface area contributed by atoms with Crippen molar-refractivity contribution in [2.45, 2.75) is 46.0 Å².